The van der Waals surface area contributed by atoms with E-state index in [2.05, 4.69) is 0 Å². The van der Waals surface area contributed by atoms with Crippen LogP contribution in [-0.4, -0.2) is 48.5 Å². The molecule has 0 bridgehead atoms. The third-order valence-corrected chi connectivity index (χ3v) is 3.27. The van der Waals surface area contributed by atoms with Crippen molar-refractivity contribution in [2.45, 2.75) is 6.42 Å². The number of halogens is 1. The van der Waals surface area contributed by atoms with Gasteiger partial charge in [-0.15, -0.1) is 11.6 Å². The molecule has 82 valence electrons. The van der Waals surface area contributed by atoms with E-state index in [0.29, 0.717) is 18.8 Å². The normalized spacial score (nSPS) is 23.1. The van der Waals surface area contributed by atoms with Crippen LogP contribution < -0.4 is 0 Å². The van der Waals surface area contributed by atoms with Crippen molar-refractivity contribution in [3.8, 4) is 0 Å². The molecule has 1 saturated heterocycles. The molecule has 1 aliphatic rings. The number of carbonyl (C=O) groups excluding carboxylic acids is 1. The molecule has 0 aromatic heterocycles. The highest BCUT2D eigenvalue weighted by Gasteiger charge is 2.29. The third kappa shape index (κ3) is 3.43. The molecule has 5 nitrogen and oxygen atoms in total. The minimum atomic E-state index is -3.99. The molecule has 1 N–H and O–H groups in total. The summed E-state index contributed by atoms with van der Waals surface area (Å²) in [5.74, 6) is -0.00754. The van der Waals surface area contributed by atoms with Crippen molar-refractivity contribution in [2.24, 2.45) is 5.92 Å². The Bertz CT molecular complexity index is 316. The van der Waals surface area contributed by atoms with Gasteiger partial charge in [0.1, 0.15) is 0 Å². The largest absolute Gasteiger partial charge is 0.341 e. The van der Waals surface area contributed by atoms with Crippen LogP contribution in [0.2, 0.25) is 0 Å². The highest BCUT2D eigenvalue weighted by molar-refractivity contribution is 7.85. The standard InChI is InChI=1S/C7H12ClNO4S/c8-4-6-3-7(10)9(5-6)1-2-14(11,12)13/h6H,1-5H2,(H,11,12,13). The lowest BCUT2D eigenvalue weighted by Gasteiger charge is -2.14. The molecule has 0 saturated carbocycles. The number of amides is 1. The summed E-state index contributed by atoms with van der Waals surface area (Å²) in [5, 5.41) is 0. The predicted molar refractivity (Wildman–Crippen MR) is 51.8 cm³/mol. The summed E-state index contributed by atoms with van der Waals surface area (Å²) in [6, 6.07) is 0. The fourth-order valence-electron chi connectivity index (χ4n) is 1.40. The molecule has 0 aromatic carbocycles. The van der Waals surface area contributed by atoms with E-state index in [9.17, 15) is 13.2 Å². The molecule has 0 aromatic rings. The monoisotopic (exact) mass is 241 g/mol. The Morgan fingerprint density at radius 2 is 2.21 bits per heavy atom. The average Bonchev–Trinajstić information content (AvgIpc) is 2.42. The minimum Gasteiger partial charge on any atom is -0.341 e. The fourth-order valence-corrected chi connectivity index (χ4v) is 2.06. The lowest BCUT2D eigenvalue weighted by molar-refractivity contribution is -0.127. The van der Waals surface area contributed by atoms with Crippen molar-refractivity contribution in [1.29, 1.82) is 0 Å². The van der Waals surface area contributed by atoms with Crippen LogP contribution in [0.5, 0.6) is 0 Å². The molecule has 0 radical (unpaired) electrons. The Morgan fingerprint density at radius 1 is 1.57 bits per heavy atom. The third-order valence-electron chi connectivity index (χ3n) is 2.13. The van der Waals surface area contributed by atoms with E-state index in [4.69, 9.17) is 16.2 Å². The van der Waals surface area contributed by atoms with Crippen molar-refractivity contribution in [3.05, 3.63) is 0 Å². The maximum absolute atomic E-state index is 11.3. The van der Waals surface area contributed by atoms with E-state index in [1.54, 1.807) is 0 Å². The first-order chi connectivity index (χ1) is 6.42. The van der Waals surface area contributed by atoms with Crippen LogP contribution in [0.25, 0.3) is 0 Å². The Balaban J connectivity index is 2.43. The van der Waals surface area contributed by atoms with E-state index in [0.717, 1.165) is 0 Å². The van der Waals surface area contributed by atoms with Crippen molar-refractivity contribution >= 4 is 27.6 Å². The van der Waals surface area contributed by atoms with Crippen LogP contribution in [0, 0.1) is 5.92 Å². The number of carbonyl (C=O) groups is 1. The van der Waals surface area contributed by atoms with Crippen LogP contribution in [0.4, 0.5) is 0 Å². The predicted octanol–water partition coefficient (Wildman–Crippen LogP) is -0.0385. The molecule has 14 heavy (non-hydrogen) atoms. The molecule has 1 heterocycles. The molecule has 1 atom stereocenters. The molecule has 7 heteroatoms. The number of alkyl halides is 1. The summed E-state index contributed by atoms with van der Waals surface area (Å²) in [5.41, 5.74) is 0. The Morgan fingerprint density at radius 3 is 2.64 bits per heavy atom. The zero-order chi connectivity index (χ0) is 10.8. The highest BCUT2D eigenvalue weighted by atomic mass is 35.5. The summed E-state index contributed by atoms with van der Waals surface area (Å²) >= 11 is 5.58. The molecule has 1 unspecified atom stereocenters. The quantitative estimate of drug-likeness (QED) is 0.554. The molecule has 1 rings (SSSR count). The average molecular weight is 242 g/mol. The van der Waals surface area contributed by atoms with Gasteiger partial charge in [0, 0.05) is 25.4 Å². The van der Waals surface area contributed by atoms with Gasteiger partial charge in [-0.25, -0.2) is 0 Å². The molecular formula is C7H12ClNO4S. The van der Waals surface area contributed by atoms with Gasteiger partial charge in [0.2, 0.25) is 5.91 Å². The van der Waals surface area contributed by atoms with Gasteiger partial charge in [0.05, 0.1) is 5.75 Å². The number of nitrogens with zero attached hydrogens (tertiary/aromatic N) is 1. The Labute approximate surface area is 87.8 Å². The van der Waals surface area contributed by atoms with E-state index < -0.39 is 15.9 Å². The fraction of sp³-hybridized carbons (Fsp3) is 0.857. The zero-order valence-electron chi connectivity index (χ0n) is 7.52. The first kappa shape index (κ1) is 11.7. The SMILES string of the molecule is O=C1CC(CCl)CN1CCS(=O)(=O)O. The summed E-state index contributed by atoms with van der Waals surface area (Å²) in [6.07, 6.45) is 0.370. The lowest BCUT2D eigenvalue weighted by Crippen LogP contribution is -2.30. The zero-order valence-corrected chi connectivity index (χ0v) is 9.09. The summed E-state index contributed by atoms with van der Waals surface area (Å²) in [7, 11) is -3.99. The molecule has 0 spiro atoms. The van der Waals surface area contributed by atoms with E-state index in [1.165, 1.54) is 4.90 Å². The first-order valence-corrected chi connectivity index (χ1v) is 6.35. The first-order valence-electron chi connectivity index (χ1n) is 4.21. The van der Waals surface area contributed by atoms with Gasteiger partial charge in [-0.05, 0) is 5.92 Å². The van der Waals surface area contributed by atoms with E-state index in [-0.39, 0.29) is 18.4 Å². The van der Waals surface area contributed by atoms with Gasteiger partial charge >= 0.3 is 0 Å². The van der Waals surface area contributed by atoms with Gasteiger partial charge in [0.25, 0.3) is 10.1 Å². The van der Waals surface area contributed by atoms with Crippen LogP contribution in [0.1, 0.15) is 6.42 Å². The topological polar surface area (TPSA) is 74.7 Å². The van der Waals surface area contributed by atoms with Crippen LogP contribution in [0.3, 0.4) is 0 Å². The highest BCUT2D eigenvalue weighted by Crippen LogP contribution is 2.18. The maximum Gasteiger partial charge on any atom is 0.266 e. The number of likely N-dealkylation sites (tertiary alicyclic amines) is 1. The maximum atomic E-state index is 11.3. The Kier molecular flexibility index (Phi) is 3.74. The van der Waals surface area contributed by atoms with Gasteiger partial charge < -0.3 is 4.90 Å². The number of hydrogen-bond donors (Lipinski definition) is 1. The van der Waals surface area contributed by atoms with E-state index in [1.807, 2.05) is 0 Å². The Hall–Kier alpha value is -0.330. The molecule has 1 aliphatic heterocycles. The van der Waals surface area contributed by atoms with Crippen molar-refractivity contribution < 1.29 is 17.8 Å². The van der Waals surface area contributed by atoms with Gasteiger partial charge in [-0.3, -0.25) is 9.35 Å². The lowest BCUT2D eigenvalue weighted by atomic mass is 10.2. The van der Waals surface area contributed by atoms with Crippen LogP contribution in [0.15, 0.2) is 0 Å². The molecule has 1 amide bonds. The molecule has 0 aliphatic carbocycles. The number of rotatable bonds is 4. The van der Waals surface area contributed by atoms with Crippen LogP contribution in [-0.2, 0) is 14.9 Å². The van der Waals surface area contributed by atoms with Crippen molar-refractivity contribution in [1.82, 2.24) is 4.90 Å². The van der Waals surface area contributed by atoms with Gasteiger partial charge in [-0.2, -0.15) is 8.42 Å². The summed E-state index contributed by atoms with van der Waals surface area (Å²) < 4.78 is 29.4. The summed E-state index contributed by atoms with van der Waals surface area (Å²) in [4.78, 5) is 12.7. The van der Waals surface area contributed by atoms with Gasteiger partial charge in [0.15, 0.2) is 0 Å². The van der Waals surface area contributed by atoms with E-state index >= 15 is 0 Å². The molecular weight excluding hydrogens is 230 g/mol. The smallest absolute Gasteiger partial charge is 0.266 e. The second-order valence-corrected chi connectivity index (χ2v) is 5.23. The molecule has 1 fully saturated rings. The van der Waals surface area contributed by atoms with Crippen molar-refractivity contribution in [2.75, 3.05) is 24.7 Å². The minimum absolute atomic E-state index is 0.0467. The van der Waals surface area contributed by atoms with Gasteiger partial charge in [-0.1, -0.05) is 0 Å². The van der Waals surface area contributed by atoms with Crippen molar-refractivity contribution in [3.63, 3.8) is 0 Å². The second kappa shape index (κ2) is 4.46. The number of hydrogen-bond acceptors (Lipinski definition) is 3. The van der Waals surface area contributed by atoms with Crippen LogP contribution >= 0.6 is 11.6 Å². The second-order valence-electron chi connectivity index (χ2n) is 3.35. The summed E-state index contributed by atoms with van der Waals surface area (Å²) in [6.45, 7) is 0.531.